The van der Waals surface area contributed by atoms with E-state index in [0.29, 0.717) is 18.6 Å². The van der Waals surface area contributed by atoms with Gasteiger partial charge in [0.2, 0.25) is 0 Å². The number of hydrogen-bond acceptors (Lipinski definition) is 2. The molecule has 0 aromatic heterocycles. The normalized spacial score (nSPS) is 10.4. The van der Waals surface area contributed by atoms with Gasteiger partial charge in [0.05, 0.1) is 7.11 Å². The third-order valence-corrected chi connectivity index (χ3v) is 3.34. The van der Waals surface area contributed by atoms with Crippen molar-refractivity contribution in [3.8, 4) is 5.75 Å². The lowest BCUT2D eigenvalue weighted by Gasteiger charge is -2.04. The number of carbonyl (C=O) groups is 1. The minimum absolute atomic E-state index is 0.337. The first-order chi connectivity index (χ1) is 9.26. The minimum atomic E-state index is 0.337. The van der Waals surface area contributed by atoms with Gasteiger partial charge < -0.3 is 4.74 Å². The van der Waals surface area contributed by atoms with E-state index < -0.39 is 0 Å². The van der Waals surface area contributed by atoms with Crippen LogP contribution in [0, 0.1) is 0 Å². The number of unbranched alkanes of at least 4 members (excludes halogenated alkanes) is 5. The molecule has 0 aliphatic rings. The Hall–Kier alpha value is -1.31. The van der Waals surface area contributed by atoms with Crippen LogP contribution in [0.25, 0.3) is 0 Å². The number of Topliss-reactive ketones (excluding diaryl/α,β-unsaturated/α-hetero) is 1. The van der Waals surface area contributed by atoms with Crippen molar-refractivity contribution in [3.63, 3.8) is 0 Å². The first-order valence-corrected chi connectivity index (χ1v) is 7.41. The number of methoxy groups -OCH3 is 1. The van der Waals surface area contributed by atoms with Crippen molar-refractivity contribution in [2.45, 2.75) is 58.3 Å². The second kappa shape index (κ2) is 9.60. The topological polar surface area (TPSA) is 26.3 Å². The van der Waals surface area contributed by atoms with Gasteiger partial charge in [-0.15, -0.1) is 0 Å². The van der Waals surface area contributed by atoms with Gasteiger partial charge >= 0.3 is 0 Å². The van der Waals surface area contributed by atoms with Crippen LogP contribution in [-0.4, -0.2) is 12.9 Å². The largest absolute Gasteiger partial charge is 0.497 e. The van der Waals surface area contributed by atoms with E-state index >= 15 is 0 Å². The first-order valence-electron chi connectivity index (χ1n) is 7.41. The highest BCUT2D eigenvalue weighted by Crippen LogP contribution is 2.14. The lowest BCUT2D eigenvalue weighted by molar-refractivity contribution is -0.118. The number of hydrogen-bond donors (Lipinski definition) is 0. The van der Waals surface area contributed by atoms with Crippen molar-refractivity contribution in [2.75, 3.05) is 7.11 Å². The van der Waals surface area contributed by atoms with Crippen LogP contribution in [0.2, 0.25) is 0 Å². The molecule has 2 nitrogen and oxygen atoms in total. The molecule has 0 fully saturated rings. The molecule has 0 saturated carbocycles. The second-order valence-corrected chi connectivity index (χ2v) is 5.08. The Morgan fingerprint density at radius 1 is 1.11 bits per heavy atom. The Morgan fingerprint density at radius 2 is 1.84 bits per heavy atom. The molecule has 0 bridgehead atoms. The zero-order valence-corrected chi connectivity index (χ0v) is 12.3. The van der Waals surface area contributed by atoms with Crippen molar-refractivity contribution < 1.29 is 9.53 Å². The molecule has 1 aromatic carbocycles. The van der Waals surface area contributed by atoms with Gasteiger partial charge in [-0.2, -0.15) is 0 Å². The van der Waals surface area contributed by atoms with Gasteiger partial charge in [0.1, 0.15) is 11.5 Å². The Kier molecular flexibility index (Phi) is 7.95. The summed E-state index contributed by atoms with van der Waals surface area (Å²) in [6, 6.07) is 7.77. The standard InChI is InChI=1S/C17H26O2/c1-3-4-5-6-7-8-11-16(18)13-15-10-9-12-17(14-15)19-2/h9-10,12,14H,3-8,11,13H2,1-2H3. The average molecular weight is 262 g/mol. The third kappa shape index (κ3) is 7.00. The lowest BCUT2D eigenvalue weighted by atomic mass is 10.0. The summed E-state index contributed by atoms with van der Waals surface area (Å²) in [4.78, 5) is 11.9. The first kappa shape index (κ1) is 15.7. The Labute approximate surface area is 117 Å². The monoisotopic (exact) mass is 262 g/mol. The maximum absolute atomic E-state index is 11.9. The zero-order chi connectivity index (χ0) is 13.9. The third-order valence-electron chi connectivity index (χ3n) is 3.34. The highest BCUT2D eigenvalue weighted by molar-refractivity contribution is 5.80. The van der Waals surface area contributed by atoms with E-state index in [0.717, 1.165) is 17.7 Å². The maximum Gasteiger partial charge on any atom is 0.137 e. The van der Waals surface area contributed by atoms with Gasteiger partial charge in [0.25, 0.3) is 0 Å². The summed E-state index contributed by atoms with van der Waals surface area (Å²) in [6.07, 6.45) is 8.62. The molecule has 0 saturated heterocycles. The van der Waals surface area contributed by atoms with Crippen LogP contribution in [0.5, 0.6) is 5.75 Å². The molecule has 0 aliphatic carbocycles. The molecular formula is C17H26O2. The number of ketones is 1. The predicted octanol–water partition coefficient (Wildman–Crippen LogP) is 4.56. The van der Waals surface area contributed by atoms with Crippen molar-refractivity contribution in [3.05, 3.63) is 29.8 Å². The molecule has 0 atom stereocenters. The highest BCUT2D eigenvalue weighted by atomic mass is 16.5. The van der Waals surface area contributed by atoms with E-state index in [9.17, 15) is 4.79 Å². The molecule has 0 aliphatic heterocycles. The van der Waals surface area contributed by atoms with Gasteiger partial charge in [-0.1, -0.05) is 51.2 Å². The van der Waals surface area contributed by atoms with E-state index in [-0.39, 0.29) is 0 Å². The van der Waals surface area contributed by atoms with Gasteiger partial charge in [-0.25, -0.2) is 0 Å². The van der Waals surface area contributed by atoms with E-state index in [1.54, 1.807) is 7.11 Å². The molecule has 0 N–H and O–H groups in total. The van der Waals surface area contributed by atoms with Crippen LogP contribution in [0.3, 0.4) is 0 Å². The number of carbonyl (C=O) groups excluding carboxylic acids is 1. The molecule has 0 radical (unpaired) electrons. The van der Waals surface area contributed by atoms with Crippen LogP contribution in [0.4, 0.5) is 0 Å². The fraction of sp³-hybridized carbons (Fsp3) is 0.588. The van der Waals surface area contributed by atoms with Crippen LogP contribution in [0.15, 0.2) is 24.3 Å². The molecule has 106 valence electrons. The van der Waals surface area contributed by atoms with E-state index in [1.807, 2.05) is 24.3 Å². The smallest absolute Gasteiger partial charge is 0.137 e. The summed E-state index contributed by atoms with van der Waals surface area (Å²) in [5.74, 6) is 1.16. The predicted molar refractivity (Wildman–Crippen MR) is 79.7 cm³/mol. The Balaban J connectivity index is 2.19. The van der Waals surface area contributed by atoms with Crippen molar-refractivity contribution in [1.29, 1.82) is 0 Å². The zero-order valence-electron chi connectivity index (χ0n) is 12.3. The molecule has 2 heteroatoms. The van der Waals surface area contributed by atoms with Crippen LogP contribution in [0.1, 0.15) is 57.4 Å². The van der Waals surface area contributed by atoms with Crippen molar-refractivity contribution >= 4 is 5.78 Å². The highest BCUT2D eigenvalue weighted by Gasteiger charge is 2.04. The van der Waals surface area contributed by atoms with E-state index in [2.05, 4.69) is 6.92 Å². The quantitative estimate of drug-likeness (QED) is 0.578. The van der Waals surface area contributed by atoms with Crippen molar-refractivity contribution in [1.82, 2.24) is 0 Å². The Morgan fingerprint density at radius 3 is 2.58 bits per heavy atom. The molecule has 1 rings (SSSR count). The van der Waals surface area contributed by atoms with E-state index in [4.69, 9.17) is 4.74 Å². The Bertz CT molecular complexity index is 371. The van der Waals surface area contributed by atoms with Gasteiger partial charge in [0, 0.05) is 12.8 Å². The second-order valence-electron chi connectivity index (χ2n) is 5.08. The molecular weight excluding hydrogens is 236 g/mol. The molecule has 0 unspecified atom stereocenters. The molecule has 0 heterocycles. The summed E-state index contributed by atoms with van der Waals surface area (Å²) in [5.41, 5.74) is 1.05. The summed E-state index contributed by atoms with van der Waals surface area (Å²) >= 11 is 0. The molecule has 0 amide bonds. The summed E-state index contributed by atoms with van der Waals surface area (Å²) < 4.78 is 5.16. The number of rotatable bonds is 10. The van der Waals surface area contributed by atoms with Crippen molar-refractivity contribution in [2.24, 2.45) is 0 Å². The summed E-state index contributed by atoms with van der Waals surface area (Å²) in [6.45, 7) is 2.22. The van der Waals surface area contributed by atoms with E-state index in [1.165, 1.54) is 32.1 Å². The number of benzene rings is 1. The molecule has 0 spiro atoms. The molecule has 19 heavy (non-hydrogen) atoms. The molecule has 1 aromatic rings. The van der Waals surface area contributed by atoms with Crippen LogP contribution < -0.4 is 4.74 Å². The minimum Gasteiger partial charge on any atom is -0.497 e. The van der Waals surface area contributed by atoms with Gasteiger partial charge in [-0.05, 0) is 24.1 Å². The van der Waals surface area contributed by atoms with Crippen LogP contribution in [-0.2, 0) is 11.2 Å². The fourth-order valence-electron chi connectivity index (χ4n) is 2.20. The average Bonchev–Trinajstić information content (AvgIpc) is 2.43. The van der Waals surface area contributed by atoms with Gasteiger partial charge in [-0.3, -0.25) is 4.79 Å². The lowest BCUT2D eigenvalue weighted by Crippen LogP contribution is -2.02. The van der Waals surface area contributed by atoms with Crippen LogP contribution >= 0.6 is 0 Å². The van der Waals surface area contributed by atoms with Gasteiger partial charge in [0.15, 0.2) is 0 Å². The maximum atomic E-state index is 11.9. The summed E-state index contributed by atoms with van der Waals surface area (Å²) in [7, 11) is 1.65. The number of ether oxygens (including phenoxy) is 1. The SMILES string of the molecule is CCCCCCCCC(=O)Cc1cccc(OC)c1. The fourth-order valence-corrected chi connectivity index (χ4v) is 2.20. The summed E-state index contributed by atoms with van der Waals surface area (Å²) in [5, 5.41) is 0.